The van der Waals surface area contributed by atoms with Crippen molar-refractivity contribution in [3.05, 3.63) is 97.2 Å². The lowest BCUT2D eigenvalue weighted by Gasteiger charge is -2.20. The van der Waals surface area contributed by atoms with E-state index in [0.29, 0.717) is 19.3 Å². The van der Waals surface area contributed by atoms with Crippen LogP contribution in [-0.4, -0.2) is 65.7 Å². The summed E-state index contributed by atoms with van der Waals surface area (Å²) in [4.78, 5) is 35.0. The van der Waals surface area contributed by atoms with Gasteiger partial charge in [0, 0.05) is 12.8 Å². The first-order valence-electron chi connectivity index (χ1n) is 22.2. The van der Waals surface area contributed by atoms with Crippen molar-refractivity contribution < 1.29 is 47.8 Å². The fraction of sp³-hybridized carbons (Fsp3) is 0.625. The maximum Gasteiger partial charge on any atom is 0.472 e. The Labute approximate surface area is 357 Å². The second-order valence-electron chi connectivity index (χ2n) is 14.4. The number of carbonyl (C=O) groups is 2. The van der Waals surface area contributed by atoms with E-state index in [9.17, 15) is 24.2 Å². The Morgan fingerprint density at radius 2 is 1.02 bits per heavy atom. The van der Waals surface area contributed by atoms with Gasteiger partial charge in [0.15, 0.2) is 6.10 Å². The van der Waals surface area contributed by atoms with Gasteiger partial charge in [-0.25, -0.2) is 4.57 Å². The number of aliphatic hydroxyl groups is 2. The molecular formula is C48H79O10P. The average molecular weight is 847 g/mol. The zero-order valence-corrected chi connectivity index (χ0v) is 37.3. The highest BCUT2D eigenvalue weighted by Crippen LogP contribution is 2.43. The van der Waals surface area contributed by atoms with Gasteiger partial charge in [0.05, 0.1) is 19.8 Å². The van der Waals surface area contributed by atoms with Gasteiger partial charge in [-0.1, -0.05) is 169 Å². The summed E-state index contributed by atoms with van der Waals surface area (Å²) < 4.78 is 32.6. The fourth-order valence-corrected chi connectivity index (χ4v) is 6.20. The molecular weight excluding hydrogens is 767 g/mol. The molecule has 1 unspecified atom stereocenters. The summed E-state index contributed by atoms with van der Waals surface area (Å²) >= 11 is 0. The van der Waals surface area contributed by atoms with Gasteiger partial charge in [-0.15, -0.1) is 0 Å². The maximum absolute atomic E-state index is 12.6. The number of hydrogen-bond acceptors (Lipinski definition) is 9. The molecule has 0 aromatic rings. The normalized spacial score (nSPS) is 14.7. The molecule has 10 nitrogen and oxygen atoms in total. The first-order valence-corrected chi connectivity index (χ1v) is 23.7. The number of phosphoric acid groups is 1. The number of allylic oxidation sites excluding steroid dienone is 16. The minimum absolute atomic E-state index is 0.0969. The molecule has 0 bridgehead atoms. The zero-order chi connectivity index (χ0) is 43.3. The highest BCUT2D eigenvalue weighted by atomic mass is 31.2. The first kappa shape index (κ1) is 55.9. The highest BCUT2D eigenvalue weighted by molar-refractivity contribution is 7.47. The molecule has 0 saturated carbocycles. The van der Waals surface area contributed by atoms with Crippen LogP contribution in [0.3, 0.4) is 0 Å². The third-order valence-corrected chi connectivity index (χ3v) is 9.77. The molecule has 0 aliphatic rings. The van der Waals surface area contributed by atoms with Crippen molar-refractivity contribution in [3.8, 4) is 0 Å². The molecule has 0 aromatic carbocycles. The molecule has 0 aromatic heterocycles. The molecule has 0 fully saturated rings. The van der Waals surface area contributed by atoms with Crippen molar-refractivity contribution in [1.82, 2.24) is 0 Å². The number of ether oxygens (including phenoxy) is 2. The standard InChI is InChI=1S/C48H79O10P/c1-3-5-7-9-11-13-15-17-19-20-21-22-23-24-26-28-30-32-34-36-38-40-48(52)58-46(44-57-59(53,54)56-42-45(50)41-49)43-55-47(51)39-37-35-33-31-29-27-25-18-16-14-12-10-8-6-4-2/h6,8,10,12,14,16,18-20,22-23,25-26,28,32,34,45-46,49-50H,3-5,7,9,11,13,15,17,21,24,27,29-31,33,35-44H2,1-2H3,(H,53,54)/b8-6+,12-10+,16-14+,20-19+,23-22+,25-18+,28-26+,34-32+/t45-,46+/m0/s1. The van der Waals surface area contributed by atoms with Crippen molar-refractivity contribution in [2.75, 3.05) is 26.4 Å². The molecule has 0 rings (SSSR count). The van der Waals surface area contributed by atoms with Gasteiger partial charge >= 0.3 is 19.8 Å². The van der Waals surface area contributed by atoms with E-state index in [1.54, 1.807) is 0 Å². The minimum atomic E-state index is -4.65. The van der Waals surface area contributed by atoms with Crippen LogP contribution in [0, 0.1) is 0 Å². The van der Waals surface area contributed by atoms with Crippen LogP contribution >= 0.6 is 7.82 Å². The third kappa shape index (κ3) is 42.8. The lowest BCUT2D eigenvalue weighted by Crippen LogP contribution is -2.29. The molecule has 0 amide bonds. The number of rotatable bonds is 40. The summed E-state index contributed by atoms with van der Waals surface area (Å²) in [6.07, 6.45) is 52.4. The molecule has 0 radical (unpaired) electrons. The molecule has 3 atom stereocenters. The average Bonchev–Trinajstić information content (AvgIpc) is 3.22. The zero-order valence-electron chi connectivity index (χ0n) is 36.4. The predicted molar refractivity (Wildman–Crippen MR) is 242 cm³/mol. The number of aliphatic hydroxyl groups excluding tert-OH is 2. The van der Waals surface area contributed by atoms with Gasteiger partial charge in [0.1, 0.15) is 12.7 Å². The molecule has 59 heavy (non-hydrogen) atoms. The number of hydrogen-bond donors (Lipinski definition) is 3. The fourth-order valence-electron chi connectivity index (χ4n) is 5.41. The van der Waals surface area contributed by atoms with Crippen LogP contribution in [0.4, 0.5) is 0 Å². The lowest BCUT2D eigenvalue weighted by atomic mass is 10.1. The third-order valence-electron chi connectivity index (χ3n) is 8.82. The summed E-state index contributed by atoms with van der Waals surface area (Å²) in [5.41, 5.74) is 0. The quantitative estimate of drug-likeness (QED) is 0.0179. The van der Waals surface area contributed by atoms with Crippen LogP contribution in [0.5, 0.6) is 0 Å². The summed E-state index contributed by atoms with van der Waals surface area (Å²) in [5, 5.41) is 18.3. The predicted octanol–water partition coefficient (Wildman–Crippen LogP) is 12.0. The number of unbranched alkanes of at least 4 members (excludes halogenated alkanes) is 13. The topological polar surface area (TPSA) is 149 Å². The van der Waals surface area contributed by atoms with E-state index in [0.717, 1.165) is 57.8 Å². The first-order chi connectivity index (χ1) is 28.7. The van der Waals surface area contributed by atoms with Crippen LogP contribution in [0.1, 0.15) is 155 Å². The van der Waals surface area contributed by atoms with Crippen molar-refractivity contribution in [2.24, 2.45) is 0 Å². The van der Waals surface area contributed by atoms with Gasteiger partial charge in [-0.05, 0) is 70.6 Å². The Hall–Kier alpha value is -3.11. The largest absolute Gasteiger partial charge is 0.472 e. The highest BCUT2D eigenvalue weighted by Gasteiger charge is 2.27. The van der Waals surface area contributed by atoms with Crippen LogP contribution in [0.15, 0.2) is 97.2 Å². The molecule has 0 aliphatic heterocycles. The monoisotopic (exact) mass is 847 g/mol. The number of esters is 2. The summed E-state index contributed by atoms with van der Waals surface area (Å²) in [6, 6.07) is 0. The van der Waals surface area contributed by atoms with Crippen molar-refractivity contribution >= 4 is 19.8 Å². The van der Waals surface area contributed by atoms with Crippen LogP contribution in [0.25, 0.3) is 0 Å². The molecule has 0 spiro atoms. The van der Waals surface area contributed by atoms with Crippen molar-refractivity contribution in [3.63, 3.8) is 0 Å². The SMILES string of the molecule is CC/C=C/C=C/C=C/C=C/CCCCCCCC(=O)OC[C@H](COP(=O)(O)OC[C@@H](O)CO)OC(=O)CCC/C=C/C/C=C/C/C=C/C/C=C/CCCCCCCCC. The van der Waals surface area contributed by atoms with E-state index >= 15 is 0 Å². The van der Waals surface area contributed by atoms with Crippen molar-refractivity contribution in [2.45, 2.75) is 167 Å². The van der Waals surface area contributed by atoms with Crippen LogP contribution < -0.4 is 0 Å². The van der Waals surface area contributed by atoms with Gasteiger partial charge in [0.25, 0.3) is 0 Å². The Bertz CT molecular complexity index is 1300. The summed E-state index contributed by atoms with van der Waals surface area (Å²) in [7, 11) is -4.65. The van der Waals surface area contributed by atoms with E-state index in [4.69, 9.17) is 19.1 Å². The molecule has 11 heteroatoms. The van der Waals surface area contributed by atoms with E-state index in [1.165, 1.54) is 51.4 Å². The molecule has 3 N–H and O–H groups in total. The van der Waals surface area contributed by atoms with Gasteiger partial charge in [0.2, 0.25) is 0 Å². The van der Waals surface area contributed by atoms with Crippen LogP contribution in [0.2, 0.25) is 0 Å². The van der Waals surface area contributed by atoms with E-state index in [1.807, 2.05) is 48.6 Å². The van der Waals surface area contributed by atoms with Gasteiger partial charge in [-0.2, -0.15) is 0 Å². The Morgan fingerprint density at radius 3 is 1.61 bits per heavy atom. The molecule has 0 heterocycles. The Balaban J connectivity index is 4.44. The van der Waals surface area contributed by atoms with E-state index < -0.39 is 51.8 Å². The molecule has 0 saturated heterocycles. The minimum Gasteiger partial charge on any atom is -0.462 e. The summed E-state index contributed by atoms with van der Waals surface area (Å²) in [6.45, 7) is 2.13. The Morgan fingerprint density at radius 1 is 0.542 bits per heavy atom. The second-order valence-corrected chi connectivity index (χ2v) is 15.9. The molecule has 0 aliphatic carbocycles. The number of carbonyl (C=O) groups excluding carboxylic acids is 2. The lowest BCUT2D eigenvalue weighted by molar-refractivity contribution is -0.161. The van der Waals surface area contributed by atoms with E-state index in [-0.39, 0.29) is 19.4 Å². The van der Waals surface area contributed by atoms with Gasteiger partial charge < -0.3 is 24.6 Å². The van der Waals surface area contributed by atoms with Crippen LogP contribution in [-0.2, 0) is 32.7 Å². The van der Waals surface area contributed by atoms with Crippen molar-refractivity contribution in [1.29, 1.82) is 0 Å². The Kier molecular flexibility index (Phi) is 40.7. The van der Waals surface area contributed by atoms with Gasteiger partial charge in [-0.3, -0.25) is 18.6 Å². The number of phosphoric ester groups is 1. The summed E-state index contributed by atoms with van der Waals surface area (Å²) in [5.74, 6) is -1.03. The maximum atomic E-state index is 12.6. The van der Waals surface area contributed by atoms with E-state index in [2.05, 4.69) is 67.0 Å². The molecule has 336 valence electrons. The second kappa shape index (κ2) is 43.0. The smallest absolute Gasteiger partial charge is 0.462 e.